The molecule has 0 N–H and O–H groups in total. The standard InChI is InChI=1S/C14H19NO2/c1-3-6-11-7-4-5-8-12(11)15-10-9-13(15)14(16)17-2/h4-5,7-8,13H,3,6,9-10H2,1-2H3. The van der Waals surface area contributed by atoms with Gasteiger partial charge in [0.05, 0.1) is 7.11 Å². The number of carbonyl (C=O) groups is 1. The van der Waals surface area contributed by atoms with Gasteiger partial charge in [-0.25, -0.2) is 4.79 Å². The molecule has 0 spiro atoms. The average Bonchev–Trinajstić information content (AvgIpc) is 2.30. The molecule has 1 aliphatic heterocycles. The number of nitrogens with zero attached hydrogens (tertiary/aromatic N) is 1. The quantitative estimate of drug-likeness (QED) is 0.748. The van der Waals surface area contributed by atoms with Crippen molar-refractivity contribution in [3.05, 3.63) is 29.8 Å². The van der Waals surface area contributed by atoms with Crippen LogP contribution in [0.2, 0.25) is 0 Å². The fourth-order valence-electron chi connectivity index (χ4n) is 2.33. The fraction of sp³-hybridized carbons (Fsp3) is 0.500. The first-order chi connectivity index (χ1) is 8.27. The maximum atomic E-state index is 11.6. The van der Waals surface area contributed by atoms with Crippen LogP contribution in [0.5, 0.6) is 0 Å². The van der Waals surface area contributed by atoms with Crippen molar-refractivity contribution in [3.63, 3.8) is 0 Å². The first-order valence-electron chi connectivity index (χ1n) is 6.20. The highest BCUT2D eigenvalue weighted by molar-refractivity contribution is 5.82. The minimum Gasteiger partial charge on any atom is -0.467 e. The predicted octanol–water partition coefficient (Wildman–Crippen LogP) is 2.39. The Hall–Kier alpha value is -1.51. The van der Waals surface area contributed by atoms with Crippen molar-refractivity contribution in [2.75, 3.05) is 18.6 Å². The lowest BCUT2D eigenvalue weighted by atomic mass is 9.98. The number of aryl methyl sites for hydroxylation is 1. The van der Waals surface area contributed by atoms with E-state index in [0.29, 0.717) is 0 Å². The maximum absolute atomic E-state index is 11.6. The molecule has 0 saturated carbocycles. The highest BCUT2D eigenvalue weighted by Crippen LogP contribution is 2.30. The first kappa shape index (κ1) is 12.0. The van der Waals surface area contributed by atoms with E-state index < -0.39 is 0 Å². The van der Waals surface area contributed by atoms with Crippen molar-refractivity contribution in [1.29, 1.82) is 0 Å². The Morgan fingerprint density at radius 3 is 2.82 bits per heavy atom. The summed E-state index contributed by atoms with van der Waals surface area (Å²) in [7, 11) is 1.46. The smallest absolute Gasteiger partial charge is 0.328 e. The summed E-state index contributed by atoms with van der Waals surface area (Å²) in [5.41, 5.74) is 2.51. The van der Waals surface area contributed by atoms with E-state index in [-0.39, 0.29) is 12.0 Å². The van der Waals surface area contributed by atoms with Crippen LogP contribution in [0.3, 0.4) is 0 Å². The van der Waals surface area contributed by atoms with Crippen LogP contribution >= 0.6 is 0 Å². The Balaban J connectivity index is 2.19. The lowest BCUT2D eigenvalue weighted by molar-refractivity contribution is -0.143. The molecule has 1 heterocycles. The molecule has 1 aromatic rings. The van der Waals surface area contributed by atoms with Crippen LogP contribution in [-0.2, 0) is 16.0 Å². The van der Waals surface area contributed by atoms with Crippen LogP contribution in [0.15, 0.2) is 24.3 Å². The number of anilines is 1. The van der Waals surface area contributed by atoms with Crippen LogP contribution in [0.25, 0.3) is 0 Å². The van der Waals surface area contributed by atoms with E-state index in [1.165, 1.54) is 18.4 Å². The van der Waals surface area contributed by atoms with Crippen LogP contribution < -0.4 is 4.90 Å². The Morgan fingerprint density at radius 2 is 2.24 bits per heavy atom. The van der Waals surface area contributed by atoms with Crippen LogP contribution in [0.4, 0.5) is 5.69 Å². The maximum Gasteiger partial charge on any atom is 0.328 e. The van der Waals surface area contributed by atoms with E-state index in [9.17, 15) is 4.79 Å². The van der Waals surface area contributed by atoms with Crippen molar-refractivity contribution in [1.82, 2.24) is 0 Å². The lowest BCUT2D eigenvalue weighted by Crippen LogP contribution is -2.53. The SMILES string of the molecule is CCCc1ccccc1N1CCC1C(=O)OC. The number of rotatable bonds is 4. The number of para-hydroxylation sites is 1. The fourth-order valence-corrected chi connectivity index (χ4v) is 2.33. The van der Waals surface area contributed by atoms with Gasteiger partial charge in [0.2, 0.25) is 0 Å². The predicted molar refractivity (Wildman–Crippen MR) is 68.2 cm³/mol. The van der Waals surface area contributed by atoms with Gasteiger partial charge in [-0.05, 0) is 24.5 Å². The largest absolute Gasteiger partial charge is 0.467 e. The van der Waals surface area contributed by atoms with Crippen molar-refractivity contribution in [3.8, 4) is 0 Å². The van der Waals surface area contributed by atoms with Crippen molar-refractivity contribution < 1.29 is 9.53 Å². The summed E-state index contributed by atoms with van der Waals surface area (Å²) >= 11 is 0. The molecule has 1 saturated heterocycles. The Kier molecular flexibility index (Phi) is 3.67. The van der Waals surface area contributed by atoms with Gasteiger partial charge in [-0.1, -0.05) is 31.5 Å². The van der Waals surface area contributed by atoms with Gasteiger partial charge < -0.3 is 9.64 Å². The molecule has 3 nitrogen and oxygen atoms in total. The second-order valence-corrected chi connectivity index (χ2v) is 4.40. The molecule has 0 amide bonds. The van der Waals surface area contributed by atoms with E-state index in [2.05, 4.69) is 30.0 Å². The molecule has 0 radical (unpaired) electrons. The molecule has 1 aliphatic rings. The zero-order valence-corrected chi connectivity index (χ0v) is 10.5. The summed E-state index contributed by atoms with van der Waals surface area (Å²) in [6, 6.07) is 8.24. The number of carbonyl (C=O) groups excluding carboxylic acids is 1. The second kappa shape index (κ2) is 5.21. The summed E-state index contributed by atoms with van der Waals surface area (Å²) < 4.78 is 4.83. The van der Waals surface area contributed by atoms with E-state index >= 15 is 0 Å². The van der Waals surface area contributed by atoms with Gasteiger partial charge in [0, 0.05) is 12.2 Å². The Morgan fingerprint density at radius 1 is 1.47 bits per heavy atom. The van der Waals surface area contributed by atoms with Crippen molar-refractivity contribution >= 4 is 11.7 Å². The number of ether oxygens (including phenoxy) is 1. The van der Waals surface area contributed by atoms with Crippen molar-refractivity contribution in [2.24, 2.45) is 0 Å². The molecular formula is C14H19NO2. The zero-order chi connectivity index (χ0) is 12.3. The first-order valence-corrected chi connectivity index (χ1v) is 6.20. The molecule has 1 aromatic carbocycles. The van der Waals surface area contributed by atoms with Crippen LogP contribution in [-0.4, -0.2) is 25.7 Å². The molecule has 1 unspecified atom stereocenters. The number of esters is 1. The van der Waals surface area contributed by atoms with Crippen LogP contribution in [0, 0.1) is 0 Å². The van der Waals surface area contributed by atoms with E-state index in [1.54, 1.807) is 0 Å². The minimum absolute atomic E-state index is 0.0852. The van der Waals surface area contributed by atoms with Gasteiger partial charge in [0.1, 0.15) is 6.04 Å². The van der Waals surface area contributed by atoms with E-state index in [1.807, 2.05) is 6.07 Å². The average molecular weight is 233 g/mol. The molecule has 0 aromatic heterocycles. The topological polar surface area (TPSA) is 29.5 Å². The summed E-state index contributed by atoms with van der Waals surface area (Å²) in [4.78, 5) is 13.7. The van der Waals surface area contributed by atoms with Gasteiger partial charge in [-0.2, -0.15) is 0 Å². The van der Waals surface area contributed by atoms with Gasteiger partial charge in [-0.3, -0.25) is 0 Å². The molecule has 1 fully saturated rings. The molecule has 0 aliphatic carbocycles. The summed E-state index contributed by atoms with van der Waals surface area (Å²) in [5, 5.41) is 0. The number of methoxy groups -OCH3 is 1. The lowest BCUT2D eigenvalue weighted by Gasteiger charge is -2.41. The molecular weight excluding hydrogens is 214 g/mol. The number of hydrogen-bond donors (Lipinski definition) is 0. The molecule has 1 atom stereocenters. The molecule has 3 heteroatoms. The second-order valence-electron chi connectivity index (χ2n) is 4.40. The minimum atomic E-state index is -0.123. The van der Waals surface area contributed by atoms with Crippen molar-refractivity contribution in [2.45, 2.75) is 32.2 Å². The summed E-state index contributed by atoms with van der Waals surface area (Å²) in [6.45, 7) is 3.12. The van der Waals surface area contributed by atoms with E-state index in [0.717, 1.165) is 25.8 Å². The third-order valence-corrected chi connectivity index (χ3v) is 3.31. The molecule has 2 rings (SSSR count). The van der Waals surface area contributed by atoms with Gasteiger partial charge in [-0.15, -0.1) is 0 Å². The van der Waals surface area contributed by atoms with Gasteiger partial charge in [0.25, 0.3) is 0 Å². The molecule has 0 bridgehead atoms. The Bertz CT molecular complexity index is 403. The monoisotopic (exact) mass is 233 g/mol. The highest BCUT2D eigenvalue weighted by Gasteiger charge is 2.35. The number of benzene rings is 1. The molecule has 17 heavy (non-hydrogen) atoms. The summed E-state index contributed by atoms with van der Waals surface area (Å²) in [6.07, 6.45) is 3.07. The van der Waals surface area contributed by atoms with Gasteiger partial charge in [0.15, 0.2) is 0 Å². The summed E-state index contributed by atoms with van der Waals surface area (Å²) in [5.74, 6) is -0.123. The van der Waals surface area contributed by atoms with Crippen LogP contribution in [0.1, 0.15) is 25.3 Å². The number of hydrogen-bond acceptors (Lipinski definition) is 3. The normalized spacial score (nSPS) is 18.7. The Labute approximate surface area is 102 Å². The molecule has 92 valence electrons. The third-order valence-electron chi connectivity index (χ3n) is 3.31. The van der Waals surface area contributed by atoms with Gasteiger partial charge >= 0.3 is 5.97 Å². The third kappa shape index (κ3) is 2.28. The van der Waals surface area contributed by atoms with E-state index in [4.69, 9.17) is 4.74 Å². The highest BCUT2D eigenvalue weighted by atomic mass is 16.5. The zero-order valence-electron chi connectivity index (χ0n) is 10.5.